The number of fused-ring (bicyclic) bond motifs is 1. The Labute approximate surface area is 186 Å². The Kier molecular flexibility index (Phi) is 6.88. The van der Waals surface area contributed by atoms with Crippen molar-refractivity contribution in [3.63, 3.8) is 0 Å². The Morgan fingerprint density at radius 1 is 1.35 bits per heavy atom. The summed E-state index contributed by atoms with van der Waals surface area (Å²) in [6.07, 6.45) is 3.35. The predicted molar refractivity (Wildman–Crippen MR) is 123 cm³/mol. The summed E-state index contributed by atoms with van der Waals surface area (Å²) >= 11 is 1.60. The number of aromatic amines is 1. The highest BCUT2D eigenvalue weighted by molar-refractivity contribution is 8.01. The van der Waals surface area contributed by atoms with Crippen molar-refractivity contribution >= 4 is 35.1 Å². The number of hydrogen-bond acceptors (Lipinski definition) is 6. The fourth-order valence-electron chi connectivity index (χ4n) is 4.28. The second kappa shape index (κ2) is 9.10. The molecule has 0 aliphatic carbocycles. The van der Waals surface area contributed by atoms with Crippen LogP contribution in [-0.2, 0) is 16.1 Å². The van der Waals surface area contributed by atoms with E-state index < -0.39 is 17.3 Å². The highest BCUT2D eigenvalue weighted by Gasteiger charge is 2.54. The maximum Gasteiger partial charge on any atom is 0.330 e. The molecule has 1 aromatic rings. The second-order valence-electron chi connectivity index (χ2n) is 8.94. The lowest BCUT2D eigenvalue weighted by Crippen LogP contribution is -2.53. The summed E-state index contributed by atoms with van der Waals surface area (Å²) < 4.78 is 1.32. The predicted octanol–water partition coefficient (Wildman–Crippen LogP) is 1.75. The lowest BCUT2D eigenvalue weighted by atomic mass is 10.1. The second-order valence-corrected chi connectivity index (χ2v) is 10.4. The first-order valence-corrected chi connectivity index (χ1v) is 12.0. The first-order valence-electron chi connectivity index (χ1n) is 11.0. The summed E-state index contributed by atoms with van der Waals surface area (Å²) in [7, 11) is 0. The van der Waals surface area contributed by atoms with Crippen LogP contribution in [0.3, 0.4) is 0 Å². The summed E-state index contributed by atoms with van der Waals surface area (Å²) in [6, 6.07) is -0.646. The fourth-order valence-corrected chi connectivity index (χ4v) is 5.70. The molecule has 1 aromatic heterocycles. The van der Waals surface area contributed by atoms with Gasteiger partial charge >= 0.3 is 5.69 Å². The van der Waals surface area contributed by atoms with Gasteiger partial charge < -0.3 is 15.5 Å². The van der Waals surface area contributed by atoms with E-state index in [1.54, 1.807) is 16.7 Å². The molecule has 2 atom stereocenters. The van der Waals surface area contributed by atoms with Gasteiger partial charge in [-0.2, -0.15) is 0 Å². The number of H-pyrrole nitrogens is 1. The maximum absolute atomic E-state index is 13.7. The first kappa shape index (κ1) is 23.4. The number of thioether (sulfide) groups is 1. The van der Waals surface area contributed by atoms with Crippen LogP contribution in [0, 0.1) is 5.92 Å². The van der Waals surface area contributed by atoms with Gasteiger partial charge in [-0.05, 0) is 32.1 Å². The lowest BCUT2D eigenvalue weighted by Gasteiger charge is -2.33. The molecule has 2 aliphatic heterocycles. The van der Waals surface area contributed by atoms with Crippen LogP contribution in [0.4, 0.5) is 11.5 Å². The zero-order valence-electron chi connectivity index (χ0n) is 18.8. The first-order chi connectivity index (χ1) is 14.6. The molecule has 172 valence electrons. The van der Waals surface area contributed by atoms with E-state index in [2.05, 4.69) is 4.98 Å². The number of aromatic nitrogens is 2. The number of unbranched alkanes of at least 4 members (excludes halogenated alkanes) is 1. The van der Waals surface area contributed by atoms with E-state index in [1.807, 2.05) is 27.7 Å². The largest absolute Gasteiger partial charge is 0.383 e. The Morgan fingerprint density at radius 3 is 2.71 bits per heavy atom. The van der Waals surface area contributed by atoms with Crippen molar-refractivity contribution < 1.29 is 9.59 Å². The number of nitrogen functional groups attached to an aromatic ring is 1. The quantitative estimate of drug-likeness (QED) is 0.621. The van der Waals surface area contributed by atoms with E-state index in [0.29, 0.717) is 37.5 Å². The number of nitrogens with zero attached hydrogens (tertiary/aromatic N) is 3. The van der Waals surface area contributed by atoms with Crippen molar-refractivity contribution in [3.8, 4) is 0 Å². The zero-order chi connectivity index (χ0) is 22.9. The van der Waals surface area contributed by atoms with Crippen molar-refractivity contribution in [2.75, 3.05) is 22.9 Å². The van der Waals surface area contributed by atoms with Crippen LogP contribution in [0.15, 0.2) is 9.59 Å². The molecule has 2 fully saturated rings. The molecule has 2 aliphatic rings. The van der Waals surface area contributed by atoms with Gasteiger partial charge in [-0.15, -0.1) is 11.8 Å². The Bertz CT molecular complexity index is 971. The number of nitrogens with one attached hydrogen (secondary N) is 1. The van der Waals surface area contributed by atoms with E-state index >= 15 is 0 Å². The molecule has 3 N–H and O–H groups in total. The van der Waals surface area contributed by atoms with Gasteiger partial charge in [0, 0.05) is 25.3 Å². The van der Waals surface area contributed by atoms with Gasteiger partial charge in [0.2, 0.25) is 5.91 Å². The average molecular weight is 452 g/mol. The Balaban J connectivity index is 2.04. The van der Waals surface area contributed by atoms with Crippen molar-refractivity contribution in [1.82, 2.24) is 14.5 Å². The normalized spacial score (nSPS) is 22.9. The molecule has 31 heavy (non-hydrogen) atoms. The number of amides is 2. The van der Waals surface area contributed by atoms with Crippen LogP contribution in [0.25, 0.3) is 0 Å². The molecule has 10 heteroatoms. The molecule has 0 spiro atoms. The smallest absolute Gasteiger partial charge is 0.330 e. The van der Waals surface area contributed by atoms with Gasteiger partial charge in [0.1, 0.15) is 11.9 Å². The summed E-state index contributed by atoms with van der Waals surface area (Å²) in [5.41, 5.74) is 5.05. The third kappa shape index (κ3) is 4.40. The van der Waals surface area contributed by atoms with Crippen molar-refractivity contribution in [2.24, 2.45) is 5.92 Å². The summed E-state index contributed by atoms with van der Waals surface area (Å²) in [4.78, 5) is 56.5. The van der Waals surface area contributed by atoms with Crippen LogP contribution in [0.2, 0.25) is 0 Å². The van der Waals surface area contributed by atoms with Gasteiger partial charge in [-0.25, -0.2) is 4.79 Å². The average Bonchev–Trinajstić information content (AvgIpc) is 3.19. The molecule has 2 saturated heterocycles. The third-order valence-corrected chi connectivity index (χ3v) is 7.65. The molecule has 9 nitrogen and oxygen atoms in total. The molecule has 2 amide bonds. The number of rotatable bonds is 8. The van der Waals surface area contributed by atoms with Gasteiger partial charge in [0.15, 0.2) is 5.69 Å². The number of hydrogen-bond donors (Lipinski definition) is 2. The SMILES string of the molecule is CCCCn1c(N)c(N(CCC(C)C)C(=O)[C@H]2CS[C@]3(C)CCC(=O)N23)c(=O)[nH]c1=O. The van der Waals surface area contributed by atoms with E-state index in [9.17, 15) is 19.2 Å². The minimum absolute atomic E-state index is 0.000432. The van der Waals surface area contributed by atoms with Crippen LogP contribution >= 0.6 is 11.8 Å². The monoisotopic (exact) mass is 451 g/mol. The molecule has 0 unspecified atom stereocenters. The molecular weight excluding hydrogens is 418 g/mol. The van der Waals surface area contributed by atoms with E-state index in [0.717, 1.165) is 12.8 Å². The van der Waals surface area contributed by atoms with Crippen LogP contribution in [0.5, 0.6) is 0 Å². The van der Waals surface area contributed by atoms with Crippen molar-refractivity contribution in [1.29, 1.82) is 0 Å². The third-order valence-electron chi connectivity index (χ3n) is 6.15. The number of anilines is 2. The van der Waals surface area contributed by atoms with E-state index in [1.165, 1.54) is 9.47 Å². The molecule has 0 aromatic carbocycles. The topological polar surface area (TPSA) is 121 Å². The number of carbonyl (C=O) groups excluding carboxylic acids is 2. The summed E-state index contributed by atoms with van der Waals surface area (Å²) in [5.74, 6) is 0.417. The Morgan fingerprint density at radius 2 is 2.06 bits per heavy atom. The molecule has 3 rings (SSSR count). The highest BCUT2D eigenvalue weighted by atomic mass is 32.2. The lowest BCUT2D eigenvalue weighted by molar-refractivity contribution is -0.136. The summed E-state index contributed by atoms with van der Waals surface area (Å²) in [5, 5.41) is 0. The van der Waals surface area contributed by atoms with E-state index in [4.69, 9.17) is 5.73 Å². The van der Waals surface area contributed by atoms with Gasteiger partial charge in [-0.3, -0.25) is 23.9 Å². The minimum Gasteiger partial charge on any atom is -0.383 e. The Hall–Kier alpha value is -2.23. The molecule has 3 heterocycles. The van der Waals surface area contributed by atoms with Crippen molar-refractivity contribution in [3.05, 3.63) is 20.8 Å². The molecule has 0 bridgehead atoms. The van der Waals surface area contributed by atoms with Crippen LogP contribution < -0.4 is 21.9 Å². The summed E-state index contributed by atoms with van der Waals surface area (Å²) in [6.45, 7) is 8.69. The standard InChI is InChI=1S/C21H33N5O4S/c1-5-6-10-25-17(22)16(18(28)23-20(25)30)24(11-8-13(2)3)19(29)14-12-31-21(4)9-7-15(27)26(14)21/h13-14H,5-12,22H2,1-4H3,(H,23,28,30)/t14-,21-/m1/s1. The van der Waals surface area contributed by atoms with Gasteiger partial charge in [0.25, 0.3) is 11.5 Å². The van der Waals surface area contributed by atoms with Gasteiger partial charge in [0.05, 0.1) is 4.87 Å². The number of nitrogens with two attached hydrogens (primary N) is 1. The molecular formula is C21H33N5O4S. The molecule has 0 saturated carbocycles. The molecule has 0 radical (unpaired) electrons. The van der Waals surface area contributed by atoms with Crippen LogP contribution in [-0.4, -0.2) is 49.5 Å². The highest BCUT2D eigenvalue weighted by Crippen LogP contribution is 2.47. The van der Waals surface area contributed by atoms with Crippen molar-refractivity contribution in [2.45, 2.75) is 77.3 Å². The number of carbonyl (C=O) groups is 2. The van der Waals surface area contributed by atoms with E-state index in [-0.39, 0.29) is 34.7 Å². The van der Waals surface area contributed by atoms with Gasteiger partial charge in [-0.1, -0.05) is 27.2 Å². The van der Waals surface area contributed by atoms with Crippen LogP contribution in [0.1, 0.15) is 59.8 Å². The zero-order valence-corrected chi connectivity index (χ0v) is 19.6. The fraction of sp³-hybridized carbons (Fsp3) is 0.714. The minimum atomic E-state index is -0.673. The maximum atomic E-state index is 13.7.